The van der Waals surface area contributed by atoms with Gasteiger partial charge in [0, 0.05) is 43.3 Å². The van der Waals surface area contributed by atoms with Crippen LogP contribution in [0.3, 0.4) is 0 Å². The Bertz CT molecular complexity index is 843. The van der Waals surface area contributed by atoms with Crippen molar-refractivity contribution in [2.24, 2.45) is 11.5 Å². The van der Waals surface area contributed by atoms with Crippen LogP contribution < -0.4 is 22.1 Å². The maximum atomic E-state index is 6.13. The van der Waals surface area contributed by atoms with Crippen molar-refractivity contribution in [2.45, 2.75) is 19.6 Å². The summed E-state index contributed by atoms with van der Waals surface area (Å²) in [5.74, 6) is 1.15. The predicted octanol–water partition coefficient (Wildman–Crippen LogP) is 3.75. The Kier molecular flexibility index (Phi) is 10.6. The predicted molar refractivity (Wildman–Crippen MR) is 134 cm³/mol. The molecule has 0 bridgehead atoms. The van der Waals surface area contributed by atoms with E-state index in [9.17, 15) is 0 Å². The van der Waals surface area contributed by atoms with Crippen LogP contribution in [-0.4, -0.2) is 43.0 Å². The van der Waals surface area contributed by atoms with Crippen LogP contribution in [0.5, 0.6) is 0 Å². The highest BCUT2D eigenvalue weighted by atomic mass is 35.5. The molecule has 0 aliphatic carbocycles. The van der Waals surface area contributed by atoms with Crippen molar-refractivity contribution in [1.29, 1.82) is 0 Å². The normalized spacial score (nSPS) is 18.0. The smallest absolute Gasteiger partial charge is 0.100 e. The number of hydrogen-bond acceptors (Lipinski definition) is 7. The third-order valence-electron chi connectivity index (χ3n) is 4.39. The number of nitrogens with two attached hydrogens (primary N) is 2. The van der Waals surface area contributed by atoms with Gasteiger partial charge in [-0.3, -0.25) is 4.90 Å². The summed E-state index contributed by atoms with van der Waals surface area (Å²) in [5, 5.41) is 8.07. The highest BCUT2D eigenvalue weighted by molar-refractivity contribution is 8.03. The van der Waals surface area contributed by atoms with E-state index in [-0.39, 0.29) is 6.10 Å². The molecule has 1 fully saturated rings. The summed E-state index contributed by atoms with van der Waals surface area (Å²) >= 11 is 13.6. The fourth-order valence-electron chi connectivity index (χ4n) is 2.93. The first kappa shape index (κ1) is 25.5. The van der Waals surface area contributed by atoms with Crippen molar-refractivity contribution in [3.8, 4) is 0 Å². The highest BCUT2D eigenvalue weighted by Crippen LogP contribution is 2.23. The molecule has 1 saturated heterocycles. The lowest BCUT2D eigenvalue weighted by molar-refractivity contribution is -0.0288. The maximum Gasteiger partial charge on any atom is 0.100 e. The fourth-order valence-corrected chi connectivity index (χ4v) is 3.86. The standard InChI is InChI=1S/C22H31Cl2N5OS/c1-15(2)28-21(25)6-7-22(26)31-14-16(3)27-11-18-13-29(8-9-30-18)12-17-4-5-19(23)20(24)10-17/h4-7,10,18,27-28H,1,3,8-9,11-14,25-26H2,2H3/b21-6+,22-7+. The van der Waals surface area contributed by atoms with Crippen molar-refractivity contribution in [1.82, 2.24) is 15.5 Å². The minimum atomic E-state index is 0.0853. The van der Waals surface area contributed by atoms with E-state index >= 15 is 0 Å². The van der Waals surface area contributed by atoms with Gasteiger partial charge in [-0.2, -0.15) is 0 Å². The average molecular weight is 484 g/mol. The van der Waals surface area contributed by atoms with E-state index < -0.39 is 0 Å². The zero-order chi connectivity index (χ0) is 22.8. The largest absolute Gasteiger partial charge is 0.394 e. The molecule has 1 aliphatic heterocycles. The molecule has 1 unspecified atom stereocenters. The molecule has 0 spiro atoms. The van der Waals surface area contributed by atoms with E-state index in [1.807, 2.05) is 25.1 Å². The van der Waals surface area contributed by atoms with Gasteiger partial charge in [0.05, 0.1) is 27.8 Å². The summed E-state index contributed by atoms with van der Waals surface area (Å²) in [5.41, 5.74) is 14.6. The Morgan fingerprint density at radius 1 is 1.29 bits per heavy atom. The molecule has 0 aromatic heterocycles. The number of nitrogens with one attached hydrogen (secondary N) is 2. The van der Waals surface area contributed by atoms with E-state index in [0.717, 1.165) is 36.6 Å². The SMILES string of the molecule is C=C(C)N/C(N)=C/C=C(\N)SCC(=C)NCC1CN(Cc2ccc(Cl)c(Cl)c2)CCO1. The van der Waals surface area contributed by atoms with E-state index in [1.165, 1.54) is 11.8 Å². The minimum absolute atomic E-state index is 0.0853. The van der Waals surface area contributed by atoms with Gasteiger partial charge >= 0.3 is 0 Å². The van der Waals surface area contributed by atoms with Crippen LogP contribution in [0, 0.1) is 0 Å². The van der Waals surface area contributed by atoms with E-state index in [2.05, 4.69) is 28.7 Å². The topological polar surface area (TPSA) is 88.6 Å². The van der Waals surface area contributed by atoms with Crippen LogP contribution in [0.4, 0.5) is 0 Å². The van der Waals surface area contributed by atoms with Gasteiger partial charge in [0.1, 0.15) is 5.82 Å². The maximum absolute atomic E-state index is 6.13. The van der Waals surface area contributed by atoms with Gasteiger partial charge in [0.2, 0.25) is 0 Å². The first-order valence-corrected chi connectivity index (χ1v) is 11.6. The van der Waals surface area contributed by atoms with Crippen molar-refractivity contribution < 1.29 is 4.74 Å². The Labute approximate surface area is 199 Å². The van der Waals surface area contributed by atoms with Gasteiger partial charge in [-0.25, -0.2) is 0 Å². The van der Waals surface area contributed by atoms with Crippen molar-refractivity contribution in [3.05, 3.63) is 81.4 Å². The third kappa shape index (κ3) is 9.93. The van der Waals surface area contributed by atoms with Crippen molar-refractivity contribution >= 4 is 35.0 Å². The molecule has 1 aromatic carbocycles. The van der Waals surface area contributed by atoms with Crippen LogP contribution in [-0.2, 0) is 11.3 Å². The average Bonchev–Trinajstić information content (AvgIpc) is 2.71. The number of rotatable bonds is 11. The van der Waals surface area contributed by atoms with Crippen LogP contribution in [0.25, 0.3) is 0 Å². The first-order chi connectivity index (χ1) is 14.7. The molecule has 31 heavy (non-hydrogen) atoms. The number of thioether (sulfide) groups is 1. The Morgan fingerprint density at radius 2 is 2.06 bits per heavy atom. The van der Waals surface area contributed by atoms with Crippen LogP contribution in [0.2, 0.25) is 10.0 Å². The minimum Gasteiger partial charge on any atom is -0.394 e. The molecule has 1 aromatic rings. The summed E-state index contributed by atoms with van der Waals surface area (Å²) in [4.78, 5) is 2.35. The Morgan fingerprint density at radius 3 is 2.77 bits per heavy atom. The summed E-state index contributed by atoms with van der Waals surface area (Å²) < 4.78 is 5.89. The molecule has 170 valence electrons. The van der Waals surface area contributed by atoms with Gasteiger partial charge < -0.3 is 26.8 Å². The number of morpholine rings is 1. The quantitative estimate of drug-likeness (QED) is 0.356. The van der Waals surface area contributed by atoms with Crippen LogP contribution >= 0.6 is 35.0 Å². The van der Waals surface area contributed by atoms with Gasteiger partial charge in [-0.1, -0.05) is 42.4 Å². The van der Waals surface area contributed by atoms with Gasteiger partial charge in [0.25, 0.3) is 0 Å². The first-order valence-electron chi connectivity index (χ1n) is 9.90. The van der Waals surface area contributed by atoms with Crippen LogP contribution in [0.1, 0.15) is 12.5 Å². The summed E-state index contributed by atoms with van der Waals surface area (Å²) in [7, 11) is 0. The van der Waals surface area contributed by atoms with E-state index in [0.29, 0.717) is 39.8 Å². The van der Waals surface area contributed by atoms with Gasteiger partial charge in [-0.15, -0.1) is 11.8 Å². The van der Waals surface area contributed by atoms with Crippen LogP contribution in [0.15, 0.2) is 65.8 Å². The zero-order valence-electron chi connectivity index (χ0n) is 17.8. The lowest BCUT2D eigenvalue weighted by atomic mass is 10.2. The molecule has 6 nitrogen and oxygen atoms in total. The number of hydrogen-bond donors (Lipinski definition) is 4. The lowest BCUT2D eigenvalue weighted by Crippen LogP contribution is -2.46. The molecule has 1 heterocycles. The third-order valence-corrected chi connectivity index (χ3v) is 6.09. The molecular weight excluding hydrogens is 453 g/mol. The second-order valence-corrected chi connectivity index (χ2v) is 9.21. The molecule has 0 saturated carbocycles. The second-order valence-electron chi connectivity index (χ2n) is 7.35. The Balaban J connectivity index is 1.72. The fraction of sp³-hybridized carbons (Fsp3) is 0.364. The number of halogens is 2. The number of ether oxygens (including phenoxy) is 1. The molecule has 9 heteroatoms. The van der Waals surface area contributed by atoms with Gasteiger partial charge in [0.15, 0.2) is 0 Å². The lowest BCUT2D eigenvalue weighted by Gasteiger charge is -2.33. The second kappa shape index (κ2) is 12.9. The monoisotopic (exact) mass is 483 g/mol. The molecule has 2 rings (SSSR count). The molecule has 0 radical (unpaired) electrons. The number of benzene rings is 1. The summed E-state index contributed by atoms with van der Waals surface area (Å²) in [6.45, 7) is 13.6. The Hall–Kier alpha value is -1.77. The van der Waals surface area contributed by atoms with Crippen molar-refractivity contribution in [3.63, 3.8) is 0 Å². The molecule has 0 amide bonds. The number of allylic oxidation sites excluding steroid dienone is 3. The molecular formula is C22H31Cl2N5OS. The highest BCUT2D eigenvalue weighted by Gasteiger charge is 2.20. The van der Waals surface area contributed by atoms with E-state index in [1.54, 1.807) is 12.2 Å². The molecule has 1 aliphatic rings. The van der Waals surface area contributed by atoms with Gasteiger partial charge in [-0.05, 0) is 36.8 Å². The molecule has 6 N–H and O–H groups in total. The van der Waals surface area contributed by atoms with Crippen molar-refractivity contribution in [2.75, 3.05) is 32.0 Å². The zero-order valence-corrected chi connectivity index (χ0v) is 20.1. The van der Waals surface area contributed by atoms with E-state index in [4.69, 9.17) is 39.4 Å². The number of nitrogens with zero attached hydrogens (tertiary/aromatic N) is 1. The molecule has 1 atom stereocenters. The summed E-state index contributed by atoms with van der Waals surface area (Å²) in [6.07, 6.45) is 3.56. The summed E-state index contributed by atoms with van der Waals surface area (Å²) in [6, 6.07) is 5.76.